The average Bonchev–Trinajstić information content (AvgIpc) is 3.29. The number of rotatable bonds is 48. The average molecular weight is 893 g/mol. The molecule has 0 aromatic rings. The van der Waals surface area contributed by atoms with Crippen LogP contribution < -0.4 is 0 Å². The summed E-state index contributed by atoms with van der Waals surface area (Å²) in [5.74, 6) is -0.951. The molecule has 0 aliphatic heterocycles. The number of allylic oxidation sites excluding steroid dienone is 12. The van der Waals surface area contributed by atoms with Gasteiger partial charge in [0.1, 0.15) is 13.2 Å². The second-order valence-electron chi connectivity index (χ2n) is 17.8. The number of unbranched alkanes of at least 4 members (excludes halogenated alkanes) is 26. The molecule has 368 valence electrons. The van der Waals surface area contributed by atoms with Gasteiger partial charge in [-0.2, -0.15) is 0 Å². The van der Waals surface area contributed by atoms with Crippen LogP contribution in [-0.4, -0.2) is 37.2 Å². The molecular weight excluding hydrogens is 793 g/mol. The highest BCUT2D eigenvalue weighted by Crippen LogP contribution is 2.16. The topological polar surface area (TPSA) is 78.9 Å². The molecule has 6 heteroatoms. The van der Waals surface area contributed by atoms with Gasteiger partial charge >= 0.3 is 17.9 Å². The van der Waals surface area contributed by atoms with Crippen LogP contribution in [-0.2, 0) is 28.6 Å². The van der Waals surface area contributed by atoms with Crippen molar-refractivity contribution in [2.45, 2.75) is 264 Å². The molecule has 0 fully saturated rings. The van der Waals surface area contributed by atoms with E-state index in [1.807, 2.05) is 0 Å². The van der Waals surface area contributed by atoms with Crippen molar-refractivity contribution in [3.63, 3.8) is 0 Å². The van der Waals surface area contributed by atoms with Crippen LogP contribution >= 0.6 is 0 Å². The van der Waals surface area contributed by atoms with Crippen LogP contribution in [0.4, 0.5) is 0 Å². The maximum atomic E-state index is 12.8. The fourth-order valence-electron chi connectivity index (χ4n) is 7.41. The minimum Gasteiger partial charge on any atom is -0.462 e. The molecule has 0 radical (unpaired) electrons. The summed E-state index contributed by atoms with van der Waals surface area (Å²) in [4.78, 5) is 38.0. The zero-order chi connectivity index (χ0) is 46.5. The molecule has 0 saturated carbocycles. The predicted octanol–water partition coefficient (Wildman–Crippen LogP) is 17.8. The zero-order valence-corrected chi connectivity index (χ0v) is 42.0. The van der Waals surface area contributed by atoms with Crippen molar-refractivity contribution in [1.82, 2.24) is 0 Å². The summed E-state index contributed by atoms with van der Waals surface area (Å²) in [7, 11) is 0. The van der Waals surface area contributed by atoms with E-state index in [1.54, 1.807) is 0 Å². The Labute approximate surface area is 395 Å². The normalized spacial score (nSPS) is 12.6. The van der Waals surface area contributed by atoms with E-state index in [-0.39, 0.29) is 37.5 Å². The molecule has 0 bridgehead atoms. The van der Waals surface area contributed by atoms with Crippen molar-refractivity contribution < 1.29 is 28.6 Å². The number of ether oxygens (including phenoxy) is 3. The van der Waals surface area contributed by atoms with Crippen LogP contribution in [0.1, 0.15) is 258 Å². The third-order valence-electron chi connectivity index (χ3n) is 11.5. The first kappa shape index (κ1) is 60.9. The van der Waals surface area contributed by atoms with E-state index >= 15 is 0 Å². The van der Waals surface area contributed by atoms with E-state index < -0.39 is 6.10 Å². The number of carbonyl (C=O) groups excluding carboxylic acids is 3. The Bertz CT molecular complexity index is 1210. The zero-order valence-electron chi connectivity index (χ0n) is 42.0. The Morgan fingerprint density at radius 1 is 0.344 bits per heavy atom. The summed E-state index contributed by atoms with van der Waals surface area (Å²) in [6, 6.07) is 0. The summed E-state index contributed by atoms with van der Waals surface area (Å²) in [5.41, 5.74) is 0. The molecule has 0 amide bonds. The Morgan fingerprint density at radius 3 is 1.09 bits per heavy atom. The van der Waals surface area contributed by atoms with Crippen LogP contribution in [0.2, 0.25) is 0 Å². The van der Waals surface area contributed by atoms with Crippen molar-refractivity contribution in [1.29, 1.82) is 0 Å². The van der Waals surface area contributed by atoms with E-state index in [9.17, 15) is 14.4 Å². The number of hydrogen-bond donors (Lipinski definition) is 0. The van der Waals surface area contributed by atoms with Crippen LogP contribution in [0, 0.1) is 0 Å². The van der Waals surface area contributed by atoms with Crippen LogP contribution in [0.3, 0.4) is 0 Å². The summed E-state index contributed by atoms with van der Waals surface area (Å²) < 4.78 is 16.8. The highest BCUT2D eigenvalue weighted by molar-refractivity contribution is 5.71. The molecule has 0 aliphatic carbocycles. The molecule has 0 aromatic heterocycles. The fourth-order valence-corrected chi connectivity index (χ4v) is 7.41. The lowest BCUT2D eigenvalue weighted by molar-refractivity contribution is -0.167. The van der Waals surface area contributed by atoms with Crippen molar-refractivity contribution in [3.05, 3.63) is 72.9 Å². The molecule has 6 nitrogen and oxygen atoms in total. The maximum absolute atomic E-state index is 12.8. The van der Waals surface area contributed by atoms with Crippen molar-refractivity contribution >= 4 is 17.9 Å². The third kappa shape index (κ3) is 49.9. The van der Waals surface area contributed by atoms with E-state index in [1.165, 1.54) is 116 Å². The molecule has 0 aliphatic rings. The Morgan fingerprint density at radius 2 is 0.672 bits per heavy atom. The Balaban J connectivity index is 4.38. The van der Waals surface area contributed by atoms with Gasteiger partial charge in [0.15, 0.2) is 6.10 Å². The molecule has 64 heavy (non-hydrogen) atoms. The first-order valence-corrected chi connectivity index (χ1v) is 27.0. The molecule has 1 atom stereocenters. The van der Waals surface area contributed by atoms with Crippen molar-refractivity contribution in [2.75, 3.05) is 13.2 Å². The van der Waals surface area contributed by atoms with E-state index in [2.05, 4.69) is 93.7 Å². The van der Waals surface area contributed by atoms with Gasteiger partial charge in [-0.25, -0.2) is 0 Å². The maximum Gasteiger partial charge on any atom is 0.306 e. The number of carbonyl (C=O) groups is 3. The Kier molecular flexibility index (Phi) is 49.9. The monoisotopic (exact) mass is 893 g/mol. The summed E-state index contributed by atoms with van der Waals surface area (Å²) in [5, 5.41) is 0. The molecule has 0 rings (SSSR count). The molecule has 0 aromatic carbocycles. The fraction of sp³-hybridized carbons (Fsp3) is 0.741. The molecule has 1 unspecified atom stereocenters. The van der Waals surface area contributed by atoms with Gasteiger partial charge in [0.05, 0.1) is 0 Å². The largest absolute Gasteiger partial charge is 0.462 e. The van der Waals surface area contributed by atoms with Gasteiger partial charge in [0.25, 0.3) is 0 Å². The first-order valence-electron chi connectivity index (χ1n) is 27.0. The van der Waals surface area contributed by atoms with Crippen molar-refractivity contribution in [3.8, 4) is 0 Å². The van der Waals surface area contributed by atoms with E-state index in [0.717, 1.165) is 103 Å². The minimum absolute atomic E-state index is 0.0952. The van der Waals surface area contributed by atoms with Gasteiger partial charge in [-0.1, -0.05) is 235 Å². The third-order valence-corrected chi connectivity index (χ3v) is 11.5. The highest BCUT2D eigenvalue weighted by Gasteiger charge is 2.19. The summed E-state index contributed by atoms with van der Waals surface area (Å²) in [6.45, 7) is 6.44. The molecule has 0 saturated heterocycles. The lowest BCUT2D eigenvalue weighted by Crippen LogP contribution is -2.30. The van der Waals surface area contributed by atoms with Crippen LogP contribution in [0.5, 0.6) is 0 Å². The number of hydrogen-bond acceptors (Lipinski definition) is 6. The van der Waals surface area contributed by atoms with Gasteiger partial charge in [-0.3, -0.25) is 14.4 Å². The molecule has 0 heterocycles. The second kappa shape index (κ2) is 52.5. The van der Waals surface area contributed by atoms with Crippen LogP contribution in [0.15, 0.2) is 72.9 Å². The predicted molar refractivity (Wildman–Crippen MR) is 274 cm³/mol. The standard InChI is InChI=1S/C58H100O6/c1-4-7-10-13-16-19-22-24-26-28-29-30-32-33-36-39-42-45-48-51-57(60)63-54-55(53-62-56(59)50-47-44-41-38-35-21-18-15-12-9-6-3)64-58(61)52-49-46-43-40-37-34-31-27-25-23-20-17-14-11-8-5-2/h8,11,15,17-18,20-21,25,27,34-35,37,55H,4-7,9-10,12-14,16,19,22-24,26,28-33,36,38-54H2,1-3H3/b11-8-,18-15-,20-17-,27-25-,35-21-,37-34-. The lowest BCUT2D eigenvalue weighted by atomic mass is 10.0. The summed E-state index contributed by atoms with van der Waals surface area (Å²) in [6.07, 6.45) is 66.1. The van der Waals surface area contributed by atoms with Crippen molar-refractivity contribution in [2.24, 2.45) is 0 Å². The number of esters is 3. The molecule has 0 spiro atoms. The highest BCUT2D eigenvalue weighted by atomic mass is 16.6. The molecule has 0 N–H and O–H groups in total. The van der Waals surface area contributed by atoms with Gasteiger partial charge < -0.3 is 14.2 Å². The minimum atomic E-state index is -0.801. The quantitative estimate of drug-likeness (QED) is 0.0199. The van der Waals surface area contributed by atoms with E-state index in [0.29, 0.717) is 12.8 Å². The molecular formula is C58H100O6. The van der Waals surface area contributed by atoms with E-state index in [4.69, 9.17) is 14.2 Å². The SMILES string of the molecule is CC/C=C\C/C=C\C/C=C\C/C=C\CCCCCC(=O)OC(COC(=O)CCCCC/C=C\C=C/CCCC)COC(=O)CCCCCCCCCCCCCCCCCCCCC. The van der Waals surface area contributed by atoms with Gasteiger partial charge in [0.2, 0.25) is 0 Å². The summed E-state index contributed by atoms with van der Waals surface area (Å²) >= 11 is 0. The first-order chi connectivity index (χ1) is 31.5. The van der Waals surface area contributed by atoms with Crippen LogP contribution in [0.25, 0.3) is 0 Å². The van der Waals surface area contributed by atoms with Gasteiger partial charge in [0, 0.05) is 19.3 Å². The van der Waals surface area contributed by atoms with Gasteiger partial charge in [-0.05, 0) is 77.0 Å². The van der Waals surface area contributed by atoms with Gasteiger partial charge in [-0.15, -0.1) is 0 Å². The smallest absolute Gasteiger partial charge is 0.306 e. The lowest BCUT2D eigenvalue weighted by Gasteiger charge is -2.18. The Hall–Kier alpha value is -3.15. The second-order valence-corrected chi connectivity index (χ2v) is 17.8.